The van der Waals surface area contributed by atoms with Crippen molar-refractivity contribution in [3.8, 4) is 0 Å². The Morgan fingerprint density at radius 2 is 1.79 bits per heavy atom. The van der Waals surface area contributed by atoms with Crippen LogP contribution in [0.4, 0.5) is 11.6 Å². The van der Waals surface area contributed by atoms with Crippen LogP contribution in [0.15, 0.2) is 6.07 Å². The maximum atomic E-state index is 4.53. The van der Waals surface area contributed by atoms with E-state index >= 15 is 0 Å². The fraction of sp³-hybridized carbons (Fsp3) is 0.733. The molecule has 1 fully saturated rings. The molecule has 2 N–H and O–H groups in total. The highest BCUT2D eigenvalue weighted by Crippen LogP contribution is 2.33. The zero-order chi connectivity index (χ0) is 13.5. The topological polar surface area (TPSA) is 49.8 Å². The average Bonchev–Trinajstić information content (AvgIpc) is 3.25. The quantitative estimate of drug-likeness (QED) is 0.669. The van der Waals surface area contributed by atoms with E-state index in [-0.39, 0.29) is 0 Å². The monoisotopic (exact) mass is 262 g/mol. The van der Waals surface area contributed by atoms with E-state index in [0.717, 1.165) is 49.3 Å². The number of aromatic nitrogens is 2. The third-order valence-corrected chi connectivity index (χ3v) is 3.44. The van der Waals surface area contributed by atoms with Crippen LogP contribution in [0.5, 0.6) is 0 Å². The number of nitrogens with one attached hydrogen (secondary N) is 2. The van der Waals surface area contributed by atoms with Crippen LogP contribution in [-0.2, 0) is 6.42 Å². The molecule has 2 rings (SSSR count). The molecule has 4 nitrogen and oxygen atoms in total. The third kappa shape index (κ3) is 5.05. The highest BCUT2D eigenvalue weighted by atomic mass is 15.1. The van der Waals surface area contributed by atoms with Gasteiger partial charge >= 0.3 is 0 Å². The van der Waals surface area contributed by atoms with E-state index in [0.29, 0.717) is 0 Å². The first-order chi connectivity index (χ1) is 9.31. The van der Waals surface area contributed by atoms with E-state index in [1.165, 1.54) is 25.7 Å². The minimum absolute atomic E-state index is 0.873. The van der Waals surface area contributed by atoms with Gasteiger partial charge in [-0.3, -0.25) is 0 Å². The molecule has 1 saturated carbocycles. The van der Waals surface area contributed by atoms with Crippen molar-refractivity contribution in [3.05, 3.63) is 11.9 Å². The van der Waals surface area contributed by atoms with Gasteiger partial charge in [0, 0.05) is 25.6 Å². The van der Waals surface area contributed by atoms with Gasteiger partial charge in [-0.15, -0.1) is 0 Å². The molecular formula is C15H26N4. The lowest BCUT2D eigenvalue weighted by molar-refractivity contribution is 0.686. The zero-order valence-corrected chi connectivity index (χ0v) is 12.2. The molecule has 0 radical (unpaired) electrons. The van der Waals surface area contributed by atoms with Crippen molar-refractivity contribution in [1.29, 1.82) is 0 Å². The number of hydrogen-bond donors (Lipinski definition) is 2. The zero-order valence-electron chi connectivity index (χ0n) is 12.2. The molecule has 1 aliphatic rings. The summed E-state index contributed by atoms with van der Waals surface area (Å²) in [5, 5.41) is 6.77. The summed E-state index contributed by atoms with van der Waals surface area (Å²) >= 11 is 0. The molecule has 0 spiro atoms. The summed E-state index contributed by atoms with van der Waals surface area (Å²) in [6.07, 6.45) is 7.47. The molecule has 0 aromatic carbocycles. The van der Waals surface area contributed by atoms with Gasteiger partial charge in [-0.25, -0.2) is 9.97 Å². The highest BCUT2D eigenvalue weighted by molar-refractivity contribution is 5.47. The van der Waals surface area contributed by atoms with Crippen molar-refractivity contribution in [3.63, 3.8) is 0 Å². The predicted octanol–water partition coefficient (Wildman–Crippen LogP) is 3.46. The molecule has 0 atom stereocenters. The Hall–Kier alpha value is -1.32. The Bertz CT molecular complexity index is 388. The van der Waals surface area contributed by atoms with Gasteiger partial charge in [0.2, 0.25) is 0 Å². The summed E-state index contributed by atoms with van der Waals surface area (Å²) in [6.45, 7) is 6.23. The van der Waals surface area contributed by atoms with Crippen LogP contribution in [0.1, 0.15) is 51.8 Å². The molecule has 19 heavy (non-hydrogen) atoms. The minimum atomic E-state index is 0.873. The first-order valence-corrected chi connectivity index (χ1v) is 7.67. The molecule has 1 aliphatic carbocycles. The first kappa shape index (κ1) is 14.1. The van der Waals surface area contributed by atoms with Crippen LogP contribution in [0.3, 0.4) is 0 Å². The SMILES string of the molecule is CCCNc1cc(NCCCC2CC2)nc(CC)n1. The molecule has 1 heterocycles. The van der Waals surface area contributed by atoms with E-state index < -0.39 is 0 Å². The Kier molecular flexibility index (Phi) is 5.43. The summed E-state index contributed by atoms with van der Waals surface area (Å²) in [6, 6.07) is 2.02. The maximum Gasteiger partial charge on any atom is 0.132 e. The Labute approximate surface area is 116 Å². The van der Waals surface area contributed by atoms with Crippen LogP contribution in [0.25, 0.3) is 0 Å². The van der Waals surface area contributed by atoms with Crippen LogP contribution < -0.4 is 10.6 Å². The largest absolute Gasteiger partial charge is 0.370 e. The second-order valence-corrected chi connectivity index (χ2v) is 5.35. The van der Waals surface area contributed by atoms with Crippen LogP contribution >= 0.6 is 0 Å². The summed E-state index contributed by atoms with van der Waals surface area (Å²) < 4.78 is 0. The van der Waals surface area contributed by atoms with Crippen molar-refractivity contribution in [2.45, 2.75) is 52.4 Å². The fourth-order valence-corrected chi connectivity index (χ4v) is 2.10. The van der Waals surface area contributed by atoms with Crippen LogP contribution in [0.2, 0.25) is 0 Å². The number of aryl methyl sites for hydroxylation is 1. The summed E-state index contributed by atoms with van der Waals surface area (Å²) in [4.78, 5) is 9.02. The molecule has 4 heteroatoms. The molecule has 0 amide bonds. The van der Waals surface area contributed by atoms with Crippen molar-refractivity contribution >= 4 is 11.6 Å². The highest BCUT2D eigenvalue weighted by Gasteiger charge is 2.19. The van der Waals surface area contributed by atoms with Crippen molar-refractivity contribution in [2.75, 3.05) is 23.7 Å². The number of rotatable bonds is 9. The van der Waals surface area contributed by atoms with Crippen LogP contribution in [0, 0.1) is 5.92 Å². The lowest BCUT2D eigenvalue weighted by Gasteiger charge is -2.10. The summed E-state index contributed by atoms with van der Waals surface area (Å²) in [5.74, 6) is 3.82. The van der Waals surface area contributed by atoms with E-state index in [1.54, 1.807) is 0 Å². The van der Waals surface area contributed by atoms with E-state index in [4.69, 9.17) is 0 Å². The van der Waals surface area contributed by atoms with Crippen molar-refractivity contribution in [2.24, 2.45) is 5.92 Å². The van der Waals surface area contributed by atoms with Gasteiger partial charge in [0.25, 0.3) is 0 Å². The third-order valence-electron chi connectivity index (χ3n) is 3.44. The first-order valence-electron chi connectivity index (χ1n) is 7.67. The van der Waals surface area contributed by atoms with Gasteiger partial charge in [-0.2, -0.15) is 0 Å². The predicted molar refractivity (Wildman–Crippen MR) is 80.6 cm³/mol. The van der Waals surface area contributed by atoms with E-state index in [1.807, 2.05) is 6.07 Å². The number of nitrogens with zero attached hydrogens (tertiary/aromatic N) is 2. The number of anilines is 2. The van der Waals surface area contributed by atoms with Gasteiger partial charge in [-0.1, -0.05) is 26.7 Å². The maximum absolute atomic E-state index is 4.53. The Morgan fingerprint density at radius 1 is 1.11 bits per heavy atom. The second kappa shape index (κ2) is 7.31. The lowest BCUT2D eigenvalue weighted by atomic mass is 10.2. The Balaban J connectivity index is 1.85. The standard InChI is InChI=1S/C15H26N4/c1-3-9-16-14-11-15(19-13(4-2)18-14)17-10-5-6-12-7-8-12/h11-12H,3-10H2,1-2H3,(H2,16,17,18,19). The normalized spacial score (nSPS) is 14.4. The fourth-order valence-electron chi connectivity index (χ4n) is 2.10. The van der Waals surface area contributed by atoms with Gasteiger partial charge in [-0.05, 0) is 25.2 Å². The lowest BCUT2D eigenvalue weighted by Crippen LogP contribution is -2.09. The molecule has 0 bridgehead atoms. The average molecular weight is 262 g/mol. The molecule has 0 aliphatic heterocycles. The van der Waals surface area contributed by atoms with Gasteiger partial charge in [0.1, 0.15) is 17.5 Å². The molecule has 0 saturated heterocycles. The van der Waals surface area contributed by atoms with Gasteiger partial charge in [0.15, 0.2) is 0 Å². The van der Waals surface area contributed by atoms with E-state index in [2.05, 4.69) is 34.4 Å². The second-order valence-electron chi connectivity index (χ2n) is 5.35. The molecule has 1 aromatic rings. The van der Waals surface area contributed by atoms with Crippen LogP contribution in [-0.4, -0.2) is 23.1 Å². The summed E-state index contributed by atoms with van der Waals surface area (Å²) in [5.41, 5.74) is 0. The molecule has 0 unspecified atom stereocenters. The van der Waals surface area contributed by atoms with Gasteiger partial charge in [0.05, 0.1) is 0 Å². The molecule has 1 aromatic heterocycles. The number of hydrogen-bond acceptors (Lipinski definition) is 4. The van der Waals surface area contributed by atoms with Gasteiger partial charge < -0.3 is 10.6 Å². The van der Waals surface area contributed by atoms with Crippen molar-refractivity contribution < 1.29 is 0 Å². The molecular weight excluding hydrogens is 236 g/mol. The van der Waals surface area contributed by atoms with E-state index in [9.17, 15) is 0 Å². The minimum Gasteiger partial charge on any atom is -0.370 e. The van der Waals surface area contributed by atoms with Crippen molar-refractivity contribution in [1.82, 2.24) is 9.97 Å². The summed E-state index contributed by atoms with van der Waals surface area (Å²) in [7, 11) is 0. The smallest absolute Gasteiger partial charge is 0.132 e. The molecule has 106 valence electrons. The Morgan fingerprint density at radius 3 is 2.37 bits per heavy atom.